The number of benzene rings is 1. The largest absolute Gasteiger partial charge is 0.463 e. The molecule has 4 heterocycles. The van der Waals surface area contributed by atoms with Gasteiger partial charge in [0.2, 0.25) is 17.7 Å². The van der Waals surface area contributed by atoms with E-state index in [1.165, 1.54) is 4.90 Å². The van der Waals surface area contributed by atoms with E-state index in [-0.39, 0.29) is 50.0 Å². The summed E-state index contributed by atoms with van der Waals surface area (Å²) < 4.78 is 12.1. The number of nitrogens with zero attached hydrogens (tertiary/aromatic N) is 2. The minimum absolute atomic E-state index is 0.0483. The van der Waals surface area contributed by atoms with Gasteiger partial charge in [-0.05, 0) is 32.3 Å². The molecule has 0 unspecified atom stereocenters. The molecule has 2 fully saturated rings. The molecule has 4 aliphatic rings. The molecule has 214 valence electrons. The molecule has 10 nitrogen and oxygen atoms in total. The first-order chi connectivity index (χ1) is 19.3. The summed E-state index contributed by atoms with van der Waals surface area (Å²) in [5.41, 5.74) is -0.585. The average molecular weight is 552 g/mol. The first kappa shape index (κ1) is 28.0. The Balaban J connectivity index is 1.58. The summed E-state index contributed by atoms with van der Waals surface area (Å²) in [6.45, 7) is 4.18. The van der Waals surface area contributed by atoms with Crippen LogP contribution in [-0.4, -0.2) is 88.7 Å². The third-order valence-electron chi connectivity index (χ3n) is 8.28. The van der Waals surface area contributed by atoms with E-state index in [0.717, 1.165) is 5.56 Å². The molecule has 6 atom stereocenters. The van der Waals surface area contributed by atoms with Gasteiger partial charge in [-0.25, -0.2) is 0 Å². The summed E-state index contributed by atoms with van der Waals surface area (Å²) in [5, 5.41) is 12.6. The highest BCUT2D eigenvalue weighted by molar-refractivity contribution is 5.99. The van der Waals surface area contributed by atoms with Gasteiger partial charge >= 0.3 is 5.97 Å². The van der Waals surface area contributed by atoms with E-state index in [2.05, 4.69) is 5.32 Å². The van der Waals surface area contributed by atoms with Gasteiger partial charge < -0.3 is 29.7 Å². The molecule has 0 aliphatic carbocycles. The quantitative estimate of drug-likeness (QED) is 0.420. The number of cyclic esters (lactones) is 1. The zero-order valence-corrected chi connectivity index (χ0v) is 22.9. The highest BCUT2D eigenvalue weighted by Crippen LogP contribution is 2.53. The van der Waals surface area contributed by atoms with Gasteiger partial charge in [0.15, 0.2) is 0 Å². The number of amides is 3. The molecular weight excluding hydrogens is 514 g/mol. The van der Waals surface area contributed by atoms with Gasteiger partial charge in [0.25, 0.3) is 0 Å². The van der Waals surface area contributed by atoms with Gasteiger partial charge in [0.05, 0.1) is 24.0 Å². The summed E-state index contributed by atoms with van der Waals surface area (Å²) in [5.74, 6) is -3.23. The number of esters is 1. The van der Waals surface area contributed by atoms with Crippen LogP contribution in [0.3, 0.4) is 0 Å². The van der Waals surface area contributed by atoms with Crippen LogP contribution in [0.25, 0.3) is 0 Å². The van der Waals surface area contributed by atoms with Crippen LogP contribution in [0.15, 0.2) is 54.6 Å². The van der Waals surface area contributed by atoms with E-state index in [0.29, 0.717) is 19.4 Å². The average Bonchev–Trinajstić information content (AvgIpc) is 3.31. The molecule has 5 rings (SSSR count). The standard InChI is InChI=1S/C30H37N3O7/c1-19(2)32-15-8-14-30-25(28(37)33(16-9-17-34)26(30)29(32)38)24-22(40-30)12-6-7-13-23(35)39-18-21(31-27(24)36)20-10-4-3-5-11-20/h3-6,8,10-12,14,19,21-22,24-26,34H,7,9,13,15-18H2,1-2H3,(H,31,36)/b12-6-/t21-,22+,24-,25-,26+,30-/m0/s1. The molecule has 2 N–H and O–H groups in total. The Morgan fingerprint density at radius 3 is 2.60 bits per heavy atom. The molecule has 1 spiro atoms. The summed E-state index contributed by atoms with van der Waals surface area (Å²) in [4.78, 5) is 57.8. The minimum atomic E-state index is -1.35. The Bertz CT molecular complexity index is 1200. The summed E-state index contributed by atoms with van der Waals surface area (Å²) >= 11 is 0. The van der Waals surface area contributed by atoms with Crippen molar-refractivity contribution >= 4 is 23.7 Å². The zero-order valence-electron chi connectivity index (χ0n) is 22.9. The van der Waals surface area contributed by atoms with Crippen LogP contribution < -0.4 is 5.32 Å². The number of ether oxygens (including phenoxy) is 2. The van der Waals surface area contributed by atoms with Crippen LogP contribution in [0.4, 0.5) is 0 Å². The van der Waals surface area contributed by atoms with Crippen molar-refractivity contribution in [1.29, 1.82) is 0 Å². The van der Waals surface area contributed by atoms with E-state index in [4.69, 9.17) is 9.47 Å². The molecule has 3 amide bonds. The van der Waals surface area contributed by atoms with E-state index in [9.17, 15) is 24.3 Å². The minimum Gasteiger partial charge on any atom is -0.463 e. The number of likely N-dealkylation sites (tertiary alicyclic amines) is 1. The zero-order chi connectivity index (χ0) is 28.4. The van der Waals surface area contributed by atoms with Gasteiger partial charge in [0, 0.05) is 32.2 Å². The lowest BCUT2D eigenvalue weighted by molar-refractivity contribution is -0.149. The molecule has 0 radical (unpaired) electrons. The molecule has 1 aromatic rings. The van der Waals surface area contributed by atoms with Gasteiger partial charge in [0.1, 0.15) is 18.2 Å². The first-order valence-corrected chi connectivity index (χ1v) is 14.0. The first-order valence-electron chi connectivity index (χ1n) is 14.0. The number of carbonyl (C=O) groups excluding carboxylic acids is 4. The van der Waals surface area contributed by atoms with E-state index < -0.39 is 41.5 Å². The van der Waals surface area contributed by atoms with Crippen LogP contribution in [0.1, 0.15) is 44.7 Å². The van der Waals surface area contributed by atoms with Crippen LogP contribution in [-0.2, 0) is 28.7 Å². The number of aliphatic hydroxyl groups is 1. The second-order valence-electron chi connectivity index (χ2n) is 11.1. The van der Waals surface area contributed by atoms with Crippen molar-refractivity contribution in [3.05, 3.63) is 60.2 Å². The second-order valence-corrected chi connectivity index (χ2v) is 11.1. The normalized spacial score (nSPS) is 33.4. The SMILES string of the molecule is CC(C)N1CC=C[C@]23O[C@@H]4/C=C\CCC(=O)OC[C@@H](c5ccccc5)NC(=O)[C@@H]4[C@H]2C(=O)N(CCCO)[C@@H]3C1=O. The van der Waals surface area contributed by atoms with Crippen molar-refractivity contribution in [3.63, 3.8) is 0 Å². The van der Waals surface area contributed by atoms with Gasteiger partial charge in [-0.15, -0.1) is 0 Å². The van der Waals surface area contributed by atoms with Crippen LogP contribution in [0.2, 0.25) is 0 Å². The summed E-state index contributed by atoms with van der Waals surface area (Å²) in [6, 6.07) is 7.52. The number of nitrogens with one attached hydrogen (secondary N) is 1. The highest BCUT2D eigenvalue weighted by Gasteiger charge is 2.71. The van der Waals surface area contributed by atoms with Crippen molar-refractivity contribution in [2.75, 3.05) is 26.3 Å². The van der Waals surface area contributed by atoms with E-state index in [1.807, 2.05) is 50.3 Å². The number of allylic oxidation sites excluding steroid dienone is 1. The third-order valence-corrected chi connectivity index (χ3v) is 8.28. The summed E-state index contributed by atoms with van der Waals surface area (Å²) in [7, 11) is 0. The van der Waals surface area contributed by atoms with Crippen molar-refractivity contribution in [2.24, 2.45) is 11.8 Å². The molecule has 4 aliphatic heterocycles. The molecule has 2 saturated heterocycles. The maximum atomic E-state index is 14.1. The van der Waals surface area contributed by atoms with Crippen molar-refractivity contribution < 1.29 is 33.8 Å². The van der Waals surface area contributed by atoms with Crippen molar-refractivity contribution in [1.82, 2.24) is 15.1 Å². The van der Waals surface area contributed by atoms with Gasteiger partial charge in [-0.1, -0.05) is 54.6 Å². The van der Waals surface area contributed by atoms with E-state index in [1.54, 1.807) is 23.1 Å². The lowest BCUT2D eigenvalue weighted by Crippen LogP contribution is -2.56. The Labute approximate surface area is 234 Å². The smallest absolute Gasteiger partial charge is 0.306 e. The number of carbonyl (C=O) groups is 4. The topological polar surface area (TPSA) is 125 Å². The van der Waals surface area contributed by atoms with Crippen LogP contribution in [0.5, 0.6) is 0 Å². The van der Waals surface area contributed by atoms with Crippen LogP contribution >= 0.6 is 0 Å². The molecule has 1 aromatic carbocycles. The lowest BCUT2D eigenvalue weighted by atomic mass is 9.77. The molecule has 0 aromatic heterocycles. The predicted molar refractivity (Wildman–Crippen MR) is 144 cm³/mol. The Morgan fingerprint density at radius 1 is 1.10 bits per heavy atom. The number of fused-ring (bicyclic) bond motifs is 2. The fourth-order valence-corrected chi connectivity index (χ4v) is 6.40. The molecule has 0 saturated carbocycles. The summed E-state index contributed by atoms with van der Waals surface area (Å²) in [6.07, 6.45) is 7.21. The van der Waals surface area contributed by atoms with Crippen LogP contribution in [0, 0.1) is 11.8 Å². The number of hydrogen-bond donors (Lipinski definition) is 2. The molecule has 40 heavy (non-hydrogen) atoms. The van der Waals surface area contributed by atoms with E-state index >= 15 is 0 Å². The van der Waals surface area contributed by atoms with Gasteiger partial charge in [-0.2, -0.15) is 0 Å². The lowest BCUT2D eigenvalue weighted by Gasteiger charge is -2.36. The highest BCUT2D eigenvalue weighted by atomic mass is 16.5. The van der Waals surface area contributed by atoms with Crippen molar-refractivity contribution in [2.45, 2.75) is 62.9 Å². The maximum absolute atomic E-state index is 14.1. The monoisotopic (exact) mass is 551 g/mol. The number of rotatable bonds is 5. The number of hydrogen-bond acceptors (Lipinski definition) is 7. The Hall–Kier alpha value is -3.50. The maximum Gasteiger partial charge on any atom is 0.306 e. The fraction of sp³-hybridized carbons (Fsp3) is 0.533. The predicted octanol–water partition coefficient (Wildman–Crippen LogP) is 1.51. The fourth-order valence-electron chi connectivity index (χ4n) is 6.40. The number of aliphatic hydroxyl groups excluding tert-OH is 1. The third kappa shape index (κ3) is 4.94. The second kappa shape index (κ2) is 11.5. The molecular formula is C30H37N3O7. The molecule has 0 bridgehead atoms. The Morgan fingerprint density at radius 2 is 1.88 bits per heavy atom. The molecule has 10 heteroatoms. The van der Waals surface area contributed by atoms with Crippen molar-refractivity contribution in [3.8, 4) is 0 Å². The Kier molecular flexibility index (Phi) is 8.09. The van der Waals surface area contributed by atoms with Gasteiger partial charge in [-0.3, -0.25) is 19.2 Å².